The smallest absolute Gasteiger partial charge is 0.262 e. The average Bonchev–Trinajstić information content (AvgIpc) is 2.56. The van der Waals surface area contributed by atoms with Crippen LogP contribution in [0.5, 0.6) is 11.5 Å². The molecule has 2 aromatic carbocycles. The van der Waals surface area contributed by atoms with Crippen LogP contribution >= 0.6 is 0 Å². The van der Waals surface area contributed by atoms with Crippen LogP contribution in [0.25, 0.3) is 0 Å². The Kier molecular flexibility index (Phi) is 6.03. The molecule has 1 N–H and O–H groups in total. The van der Waals surface area contributed by atoms with Crippen molar-refractivity contribution in [2.24, 2.45) is 0 Å². The van der Waals surface area contributed by atoms with E-state index in [9.17, 15) is 4.79 Å². The van der Waals surface area contributed by atoms with E-state index in [4.69, 9.17) is 9.47 Å². The quantitative estimate of drug-likeness (QED) is 0.833. The maximum atomic E-state index is 11.9. The highest BCUT2D eigenvalue weighted by atomic mass is 16.5. The molecule has 0 aliphatic carbocycles. The molecule has 1 atom stereocenters. The van der Waals surface area contributed by atoms with Gasteiger partial charge in [0, 0.05) is 5.69 Å². The molecule has 23 heavy (non-hydrogen) atoms. The minimum absolute atomic E-state index is 0.0179. The van der Waals surface area contributed by atoms with Crippen LogP contribution in [0.1, 0.15) is 25.8 Å². The first-order chi connectivity index (χ1) is 11.1. The van der Waals surface area contributed by atoms with Crippen LogP contribution in [-0.2, 0) is 4.79 Å². The monoisotopic (exact) mass is 313 g/mol. The molecule has 0 fully saturated rings. The van der Waals surface area contributed by atoms with Crippen molar-refractivity contribution in [3.8, 4) is 11.5 Å². The summed E-state index contributed by atoms with van der Waals surface area (Å²) in [5, 5.41) is 2.81. The predicted octanol–water partition coefficient (Wildman–Crippen LogP) is 4.19. The van der Waals surface area contributed by atoms with E-state index in [-0.39, 0.29) is 18.6 Å². The number of rotatable bonds is 7. The average molecular weight is 313 g/mol. The molecule has 0 aliphatic rings. The van der Waals surface area contributed by atoms with Crippen LogP contribution in [-0.4, -0.2) is 18.6 Å². The van der Waals surface area contributed by atoms with Gasteiger partial charge in [0.1, 0.15) is 11.5 Å². The van der Waals surface area contributed by atoms with Crippen LogP contribution in [0, 0.1) is 6.92 Å². The summed E-state index contributed by atoms with van der Waals surface area (Å²) in [6.45, 7) is 6.03. The molecule has 1 amide bonds. The second-order valence-corrected chi connectivity index (χ2v) is 5.46. The van der Waals surface area contributed by atoms with Gasteiger partial charge in [0.05, 0.1) is 6.10 Å². The number of anilines is 1. The Bertz CT molecular complexity index is 637. The molecule has 122 valence electrons. The Morgan fingerprint density at radius 1 is 1.13 bits per heavy atom. The number of aryl methyl sites for hydroxylation is 1. The number of carbonyl (C=O) groups is 1. The predicted molar refractivity (Wildman–Crippen MR) is 92.1 cm³/mol. The molecular formula is C19H23NO3. The van der Waals surface area contributed by atoms with Crippen molar-refractivity contribution in [2.75, 3.05) is 11.9 Å². The standard InChI is InChI=1S/C19H23NO3/c1-4-15(3)23-17-11-9-16(10-12-17)20-19(21)13-22-18-8-6-5-7-14(18)2/h5-12,15H,4,13H2,1-3H3,(H,20,21). The molecule has 0 aromatic heterocycles. The molecule has 4 nitrogen and oxygen atoms in total. The lowest BCUT2D eigenvalue weighted by atomic mass is 10.2. The largest absolute Gasteiger partial charge is 0.491 e. The van der Waals surface area contributed by atoms with E-state index in [0.29, 0.717) is 0 Å². The molecule has 0 aliphatic heterocycles. The van der Waals surface area contributed by atoms with Gasteiger partial charge in [-0.3, -0.25) is 4.79 Å². The first kappa shape index (κ1) is 16.9. The Morgan fingerprint density at radius 2 is 1.83 bits per heavy atom. The first-order valence-electron chi connectivity index (χ1n) is 7.83. The lowest BCUT2D eigenvalue weighted by Gasteiger charge is -2.13. The van der Waals surface area contributed by atoms with Gasteiger partial charge in [0.2, 0.25) is 0 Å². The summed E-state index contributed by atoms with van der Waals surface area (Å²) < 4.78 is 11.2. The highest BCUT2D eigenvalue weighted by Crippen LogP contribution is 2.18. The van der Waals surface area contributed by atoms with E-state index in [0.717, 1.165) is 29.2 Å². The normalized spacial score (nSPS) is 11.6. The Labute approximate surface area is 137 Å². The third-order valence-electron chi connectivity index (χ3n) is 3.50. The summed E-state index contributed by atoms with van der Waals surface area (Å²) in [7, 11) is 0. The van der Waals surface area contributed by atoms with Crippen LogP contribution < -0.4 is 14.8 Å². The summed E-state index contributed by atoms with van der Waals surface area (Å²) in [4.78, 5) is 11.9. The molecule has 2 rings (SSSR count). The highest BCUT2D eigenvalue weighted by molar-refractivity contribution is 5.91. The van der Waals surface area contributed by atoms with Crippen LogP contribution in [0.2, 0.25) is 0 Å². The van der Waals surface area contributed by atoms with Gasteiger partial charge in [-0.15, -0.1) is 0 Å². The summed E-state index contributed by atoms with van der Waals surface area (Å²) in [6, 6.07) is 15.0. The van der Waals surface area contributed by atoms with E-state index in [1.807, 2.05) is 62.4 Å². The van der Waals surface area contributed by atoms with Gasteiger partial charge < -0.3 is 14.8 Å². The number of nitrogens with one attached hydrogen (secondary N) is 1. The van der Waals surface area contributed by atoms with Gasteiger partial charge in [-0.25, -0.2) is 0 Å². The summed E-state index contributed by atoms with van der Waals surface area (Å²) in [5.74, 6) is 1.33. The Balaban J connectivity index is 1.84. The van der Waals surface area contributed by atoms with Crippen LogP contribution in [0.4, 0.5) is 5.69 Å². The number of carbonyl (C=O) groups excluding carboxylic acids is 1. The third-order valence-corrected chi connectivity index (χ3v) is 3.50. The molecule has 0 saturated heterocycles. The zero-order valence-corrected chi connectivity index (χ0v) is 13.8. The first-order valence-corrected chi connectivity index (χ1v) is 7.83. The zero-order chi connectivity index (χ0) is 16.7. The fraction of sp³-hybridized carbons (Fsp3) is 0.316. The van der Waals surface area contributed by atoms with Crippen molar-refractivity contribution >= 4 is 11.6 Å². The van der Waals surface area contributed by atoms with Gasteiger partial charge in [-0.05, 0) is 56.2 Å². The lowest BCUT2D eigenvalue weighted by Crippen LogP contribution is -2.20. The maximum absolute atomic E-state index is 11.9. The number of para-hydroxylation sites is 1. The molecule has 0 radical (unpaired) electrons. The van der Waals surface area contributed by atoms with Crippen molar-refractivity contribution < 1.29 is 14.3 Å². The molecule has 1 unspecified atom stereocenters. The summed E-state index contributed by atoms with van der Waals surface area (Å²) in [5.41, 5.74) is 1.73. The van der Waals surface area contributed by atoms with Crippen LogP contribution in [0.15, 0.2) is 48.5 Å². The minimum atomic E-state index is -0.191. The van der Waals surface area contributed by atoms with Crippen LogP contribution in [0.3, 0.4) is 0 Å². The zero-order valence-electron chi connectivity index (χ0n) is 13.8. The van der Waals surface area contributed by atoms with E-state index in [1.54, 1.807) is 0 Å². The van der Waals surface area contributed by atoms with E-state index >= 15 is 0 Å². The molecule has 0 heterocycles. The summed E-state index contributed by atoms with van der Waals surface area (Å²) >= 11 is 0. The van der Waals surface area contributed by atoms with Gasteiger partial charge in [-0.1, -0.05) is 25.1 Å². The molecule has 0 spiro atoms. The van der Waals surface area contributed by atoms with Gasteiger partial charge in [0.15, 0.2) is 6.61 Å². The number of benzene rings is 2. The van der Waals surface area contributed by atoms with Crippen molar-refractivity contribution in [2.45, 2.75) is 33.3 Å². The molecule has 0 saturated carbocycles. The second kappa shape index (κ2) is 8.22. The van der Waals surface area contributed by atoms with Crippen molar-refractivity contribution in [1.82, 2.24) is 0 Å². The number of ether oxygens (including phenoxy) is 2. The number of amides is 1. The lowest BCUT2D eigenvalue weighted by molar-refractivity contribution is -0.118. The van der Waals surface area contributed by atoms with Crippen molar-refractivity contribution in [3.05, 3.63) is 54.1 Å². The SMILES string of the molecule is CCC(C)Oc1ccc(NC(=O)COc2ccccc2C)cc1. The van der Waals surface area contributed by atoms with Gasteiger partial charge in [-0.2, -0.15) is 0 Å². The van der Waals surface area contributed by atoms with Gasteiger partial charge >= 0.3 is 0 Å². The van der Waals surface area contributed by atoms with Crippen molar-refractivity contribution in [1.29, 1.82) is 0 Å². The second-order valence-electron chi connectivity index (χ2n) is 5.46. The Hall–Kier alpha value is -2.49. The molecule has 4 heteroatoms. The third kappa shape index (κ3) is 5.33. The number of hydrogen-bond donors (Lipinski definition) is 1. The van der Waals surface area contributed by atoms with E-state index in [2.05, 4.69) is 12.2 Å². The van der Waals surface area contributed by atoms with Crippen molar-refractivity contribution in [3.63, 3.8) is 0 Å². The van der Waals surface area contributed by atoms with E-state index in [1.165, 1.54) is 0 Å². The fourth-order valence-corrected chi connectivity index (χ4v) is 1.99. The highest BCUT2D eigenvalue weighted by Gasteiger charge is 2.06. The molecular weight excluding hydrogens is 290 g/mol. The topological polar surface area (TPSA) is 47.6 Å². The number of hydrogen-bond acceptors (Lipinski definition) is 3. The summed E-state index contributed by atoms with van der Waals surface area (Å²) in [6.07, 6.45) is 1.13. The van der Waals surface area contributed by atoms with Gasteiger partial charge in [0.25, 0.3) is 5.91 Å². The van der Waals surface area contributed by atoms with E-state index < -0.39 is 0 Å². The molecule has 2 aromatic rings. The maximum Gasteiger partial charge on any atom is 0.262 e. The fourth-order valence-electron chi connectivity index (χ4n) is 1.99. The minimum Gasteiger partial charge on any atom is -0.491 e. The Morgan fingerprint density at radius 3 is 2.48 bits per heavy atom. The molecule has 0 bridgehead atoms.